The van der Waals surface area contributed by atoms with Crippen LogP contribution in [0.5, 0.6) is 0 Å². The number of rotatable bonds is 6. The molecule has 0 spiro atoms. The van der Waals surface area contributed by atoms with Crippen LogP contribution in [0.2, 0.25) is 0 Å². The summed E-state index contributed by atoms with van der Waals surface area (Å²) >= 11 is 0. The summed E-state index contributed by atoms with van der Waals surface area (Å²) < 4.78 is 0. The van der Waals surface area contributed by atoms with E-state index < -0.39 is 0 Å². The summed E-state index contributed by atoms with van der Waals surface area (Å²) in [5, 5.41) is 4.78. The number of benzene rings is 3. The van der Waals surface area contributed by atoms with Crippen molar-refractivity contribution in [3.63, 3.8) is 0 Å². The average Bonchev–Trinajstić information content (AvgIpc) is 2.78. The molecule has 0 fully saturated rings. The molecule has 0 nitrogen and oxygen atoms in total. The summed E-state index contributed by atoms with van der Waals surface area (Å²) in [4.78, 5) is 0. The predicted molar refractivity (Wildman–Crippen MR) is 140 cm³/mol. The van der Waals surface area contributed by atoms with Crippen LogP contribution in [0.3, 0.4) is 0 Å². The van der Waals surface area contributed by atoms with Crippen LogP contribution in [0, 0.1) is 0 Å². The van der Waals surface area contributed by atoms with Crippen LogP contribution >= 0.6 is 0 Å². The minimum Gasteiger partial charge on any atom is -0.0984 e. The highest BCUT2D eigenvalue weighted by molar-refractivity contribution is 5.99. The highest BCUT2D eigenvalue weighted by Gasteiger charge is 2.12. The van der Waals surface area contributed by atoms with Gasteiger partial charge in [-0.15, -0.1) is 0 Å². The lowest BCUT2D eigenvalue weighted by Gasteiger charge is -2.15. The van der Waals surface area contributed by atoms with E-state index in [1.165, 1.54) is 32.7 Å². The van der Waals surface area contributed by atoms with Crippen LogP contribution in [0.4, 0.5) is 0 Å². The molecule has 31 heavy (non-hydrogen) atoms. The Balaban J connectivity index is 2.53. The summed E-state index contributed by atoms with van der Waals surface area (Å²) in [5.41, 5.74) is 5.68. The quantitative estimate of drug-likeness (QED) is 0.382. The first-order valence-corrected chi connectivity index (χ1v) is 10.7. The van der Waals surface area contributed by atoms with Crippen LogP contribution < -0.4 is 10.4 Å². The average molecular weight is 403 g/mol. The van der Waals surface area contributed by atoms with Gasteiger partial charge in [-0.2, -0.15) is 0 Å². The van der Waals surface area contributed by atoms with E-state index >= 15 is 0 Å². The zero-order valence-corrected chi connectivity index (χ0v) is 18.7. The molecule has 154 valence electrons. The molecule has 0 aliphatic heterocycles. The molecular weight excluding hydrogens is 372 g/mol. The maximum absolute atomic E-state index is 4.18. The Bertz CT molecular complexity index is 1320. The second kappa shape index (κ2) is 10.4. The molecule has 0 aliphatic rings. The first-order chi connectivity index (χ1) is 15.1. The van der Waals surface area contributed by atoms with E-state index in [0.29, 0.717) is 0 Å². The number of fused-ring (bicyclic) bond motifs is 1. The zero-order valence-electron chi connectivity index (χ0n) is 18.7. The van der Waals surface area contributed by atoms with Gasteiger partial charge in [0, 0.05) is 0 Å². The van der Waals surface area contributed by atoms with Crippen molar-refractivity contribution >= 4 is 34.6 Å². The lowest BCUT2D eigenvalue weighted by Crippen LogP contribution is -2.27. The highest BCUT2D eigenvalue weighted by atomic mass is 14.2. The van der Waals surface area contributed by atoms with Gasteiger partial charge in [-0.3, -0.25) is 0 Å². The largest absolute Gasteiger partial charge is 0.0984 e. The monoisotopic (exact) mass is 402 g/mol. The molecule has 3 aromatic carbocycles. The molecule has 0 unspecified atom stereocenters. The SMILES string of the molecule is C=Cc1c(C(/C=C\C)=c2\cccc\c2=C/C(=C)/C=C/C)cc2ccccc2c1/C=C\C. The van der Waals surface area contributed by atoms with Gasteiger partial charge in [-0.25, -0.2) is 0 Å². The molecule has 0 N–H and O–H groups in total. The highest BCUT2D eigenvalue weighted by Crippen LogP contribution is 2.32. The van der Waals surface area contributed by atoms with E-state index in [0.717, 1.165) is 16.4 Å². The topological polar surface area (TPSA) is 0 Å². The smallest absolute Gasteiger partial charge is 0.00931 e. The van der Waals surface area contributed by atoms with Crippen LogP contribution in [0.1, 0.15) is 37.5 Å². The van der Waals surface area contributed by atoms with E-state index in [4.69, 9.17) is 0 Å². The normalized spacial score (nSPS) is 13.6. The van der Waals surface area contributed by atoms with Crippen molar-refractivity contribution in [1.29, 1.82) is 0 Å². The summed E-state index contributed by atoms with van der Waals surface area (Å²) in [6.07, 6.45) is 16.7. The van der Waals surface area contributed by atoms with Gasteiger partial charge in [0.2, 0.25) is 0 Å². The van der Waals surface area contributed by atoms with Crippen molar-refractivity contribution in [1.82, 2.24) is 0 Å². The molecule has 0 bridgehead atoms. The first-order valence-electron chi connectivity index (χ1n) is 10.7. The summed E-state index contributed by atoms with van der Waals surface area (Å²) in [6, 6.07) is 19.3. The van der Waals surface area contributed by atoms with Gasteiger partial charge in [0.05, 0.1) is 0 Å². The first kappa shape index (κ1) is 22.1. The van der Waals surface area contributed by atoms with E-state index in [-0.39, 0.29) is 0 Å². The molecule has 0 aliphatic carbocycles. The maximum Gasteiger partial charge on any atom is -0.00931 e. The minimum absolute atomic E-state index is 0.979. The molecule has 0 saturated carbocycles. The molecule has 0 radical (unpaired) electrons. The molecule has 3 aromatic rings. The number of hydrogen-bond acceptors (Lipinski definition) is 0. The van der Waals surface area contributed by atoms with Gasteiger partial charge in [-0.1, -0.05) is 104 Å². The van der Waals surface area contributed by atoms with E-state index in [1.54, 1.807) is 0 Å². The fraction of sp³-hybridized carbons (Fsp3) is 0.0968. The van der Waals surface area contributed by atoms with Crippen molar-refractivity contribution in [2.24, 2.45) is 0 Å². The summed E-state index contributed by atoms with van der Waals surface area (Å²) in [7, 11) is 0. The van der Waals surface area contributed by atoms with Crippen molar-refractivity contribution in [2.45, 2.75) is 20.8 Å². The van der Waals surface area contributed by atoms with Crippen LogP contribution in [-0.2, 0) is 0 Å². The fourth-order valence-corrected chi connectivity index (χ4v) is 4.00. The van der Waals surface area contributed by atoms with Crippen molar-refractivity contribution in [3.8, 4) is 0 Å². The Morgan fingerprint density at radius 2 is 1.52 bits per heavy atom. The summed E-state index contributed by atoms with van der Waals surface area (Å²) in [6.45, 7) is 14.5. The van der Waals surface area contributed by atoms with E-state index in [9.17, 15) is 0 Å². The molecule has 0 atom stereocenters. The van der Waals surface area contributed by atoms with Crippen molar-refractivity contribution in [3.05, 3.63) is 131 Å². The van der Waals surface area contributed by atoms with Gasteiger partial charge >= 0.3 is 0 Å². The standard InChI is InChI=1S/C31H30/c1-6-14-23(5)21-24-17-10-12-19-27(24)30(16-8-3)31-22-25-18-11-13-20-28(25)29(15-7-2)26(31)9-4/h6-22H,4-5H2,1-3H3/b14-6+,15-7-,16-8-,24-21+,30-27+. The number of hydrogen-bond donors (Lipinski definition) is 0. The Kier molecular flexibility index (Phi) is 7.40. The van der Waals surface area contributed by atoms with Crippen LogP contribution in [0.25, 0.3) is 34.6 Å². The molecule has 0 heteroatoms. The van der Waals surface area contributed by atoms with Gasteiger partial charge < -0.3 is 0 Å². The van der Waals surface area contributed by atoms with Gasteiger partial charge in [-0.05, 0) is 82.0 Å². The summed E-state index contributed by atoms with van der Waals surface area (Å²) in [5.74, 6) is 0. The Morgan fingerprint density at radius 3 is 2.23 bits per heavy atom. The third kappa shape index (κ3) is 4.75. The van der Waals surface area contributed by atoms with Gasteiger partial charge in [0.25, 0.3) is 0 Å². The Labute approximate surface area is 186 Å². The second-order valence-corrected chi connectivity index (χ2v) is 7.40. The Hall–Kier alpha value is -3.64. The van der Waals surface area contributed by atoms with E-state index in [2.05, 4.69) is 112 Å². The minimum atomic E-state index is 0.979. The fourth-order valence-electron chi connectivity index (χ4n) is 4.00. The second-order valence-electron chi connectivity index (χ2n) is 7.40. The molecule has 0 heterocycles. The lowest BCUT2D eigenvalue weighted by atomic mass is 9.88. The third-order valence-electron chi connectivity index (χ3n) is 5.26. The van der Waals surface area contributed by atoms with Gasteiger partial charge in [0.1, 0.15) is 0 Å². The maximum atomic E-state index is 4.18. The molecule has 0 amide bonds. The van der Waals surface area contributed by atoms with Crippen molar-refractivity contribution < 1.29 is 0 Å². The zero-order chi connectivity index (χ0) is 22.2. The van der Waals surface area contributed by atoms with Crippen molar-refractivity contribution in [2.75, 3.05) is 0 Å². The third-order valence-corrected chi connectivity index (χ3v) is 5.26. The molecular formula is C31H30. The molecule has 0 saturated heterocycles. The lowest BCUT2D eigenvalue weighted by molar-refractivity contribution is 1.46. The predicted octanol–water partition coefficient (Wildman–Crippen LogP) is 7.20. The van der Waals surface area contributed by atoms with Crippen LogP contribution in [-0.4, -0.2) is 0 Å². The molecule has 0 aromatic heterocycles. The van der Waals surface area contributed by atoms with Gasteiger partial charge in [0.15, 0.2) is 0 Å². The number of allylic oxidation sites excluding steroid dienone is 6. The molecule has 3 rings (SSSR count). The van der Waals surface area contributed by atoms with Crippen LogP contribution in [0.15, 0.2) is 104 Å². The Morgan fingerprint density at radius 1 is 0.806 bits per heavy atom. The van der Waals surface area contributed by atoms with E-state index in [1.807, 2.05) is 25.2 Å².